The molecule has 0 aliphatic heterocycles. The van der Waals surface area contributed by atoms with Crippen LogP contribution in [0.15, 0.2) is 60.8 Å². The lowest BCUT2D eigenvalue weighted by molar-refractivity contribution is -0.149. The number of methoxy groups -OCH3 is 1. The Morgan fingerprint density at radius 2 is 1.56 bits per heavy atom. The number of rotatable bonds is 9. The van der Waals surface area contributed by atoms with E-state index in [2.05, 4.69) is 10.6 Å². The third-order valence-electron chi connectivity index (χ3n) is 6.15. The van der Waals surface area contributed by atoms with Crippen LogP contribution in [-0.4, -0.2) is 58.5 Å². The Hall–Kier alpha value is -4.38. The number of ether oxygens (including phenoxy) is 3. The first kappa shape index (κ1) is 31.2. The number of nitrogens with zero attached hydrogens (tertiary/aromatic N) is 1. The molecule has 0 unspecified atom stereocenters. The van der Waals surface area contributed by atoms with Crippen molar-refractivity contribution in [3.05, 3.63) is 71.9 Å². The fraction of sp³-hybridized carbons (Fsp3) is 0.400. The van der Waals surface area contributed by atoms with Crippen LogP contribution in [0.5, 0.6) is 0 Å². The van der Waals surface area contributed by atoms with E-state index in [1.165, 1.54) is 10.8 Å². The monoisotopic (exact) mass is 567 g/mol. The van der Waals surface area contributed by atoms with Gasteiger partial charge in [0.2, 0.25) is 5.91 Å². The number of hydrogen-bond donors (Lipinski definition) is 3. The molecule has 3 aromatic rings. The summed E-state index contributed by atoms with van der Waals surface area (Å²) in [5.74, 6) is -2.04. The molecule has 0 saturated carbocycles. The number of benzene rings is 2. The fourth-order valence-corrected chi connectivity index (χ4v) is 4.17. The molecule has 0 aliphatic carbocycles. The van der Waals surface area contributed by atoms with Crippen molar-refractivity contribution in [1.29, 1.82) is 0 Å². The van der Waals surface area contributed by atoms with Crippen molar-refractivity contribution >= 4 is 35.0 Å². The molecule has 0 radical (unpaired) electrons. The number of hydrogen-bond acceptors (Lipinski definition) is 8. The summed E-state index contributed by atoms with van der Waals surface area (Å²) in [4.78, 5) is 51.4. The van der Waals surface area contributed by atoms with Gasteiger partial charge in [0.1, 0.15) is 24.4 Å². The molecule has 2 amide bonds. The molecule has 1 aromatic heterocycles. The molecule has 3 rings (SSSR count). The van der Waals surface area contributed by atoms with Crippen LogP contribution in [0, 0.1) is 5.92 Å². The summed E-state index contributed by atoms with van der Waals surface area (Å²) in [6.45, 7) is 8.52. The molecule has 11 heteroatoms. The van der Waals surface area contributed by atoms with E-state index >= 15 is 0 Å². The zero-order valence-corrected chi connectivity index (χ0v) is 24.0. The maximum atomic E-state index is 13.3. The van der Waals surface area contributed by atoms with E-state index in [9.17, 15) is 24.3 Å². The Balaban J connectivity index is 1.88. The predicted molar refractivity (Wildman–Crippen MR) is 151 cm³/mol. The molecule has 0 saturated heterocycles. The van der Waals surface area contributed by atoms with Crippen molar-refractivity contribution in [3.63, 3.8) is 0 Å². The van der Waals surface area contributed by atoms with E-state index in [1.54, 1.807) is 58.9 Å². The Bertz CT molecular complexity index is 1380. The molecular formula is C30H37N3O8. The maximum absolute atomic E-state index is 13.3. The Kier molecular flexibility index (Phi) is 10.1. The lowest BCUT2D eigenvalue weighted by Crippen LogP contribution is -2.55. The molecule has 3 atom stereocenters. The van der Waals surface area contributed by atoms with Crippen LogP contribution in [0.4, 0.5) is 9.59 Å². The molecule has 2 aromatic carbocycles. The van der Waals surface area contributed by atoms with Crippen LogP contribution in [0.2, 0.25) is 0 Å². The van der Waals surface area contributed by atoms with Crippen molar-refractivity contribution in [2.45, 2.75) is 65.0 Å². The molecular weight excluding hydrogens is 530 g/mol. The van der Waals surface area contributed by atoms with Crippen molar-refractivity contribution < 1.29 is 38.5 Å². The second-order valence-electron chi connectivity index (χ2n) is 10.8. The molecule has 0 fully saturated rings. The summed E-state index contributed by atoms with van der Waals surface area (Å²) >= 11 is 0. The van der Waals surface area contributed by atoms with Gasteiger partial charge in [-0.2, -0.15) is 0 Å². The van der Waals surface area contributed by atoms with Crippen molar-refractivity contribution in [2.75, 3.05) is 7.11 Å². The van der Waals surface area contributed by atoms with Gasteiger partial charge in [-0.25, -0.2) is 14.4 Å². The summed E-state index contributed by atoms with van der Waals surface area (Å²) in [5, 5.41) is 16.9. The average molecular weight is 568 g/mol. The number of aliphatic hydroxyl groups is 1. The number of aromatic nitrogens is 1. The number of alkyl carbamates (subject to hydrolysis) is 1. The predicted octanol–water partition coefficient (Wildman–Crippen LogP) is 4.07. The minimum atomic E-state index is -1.62. The van der Waals surface area contributed by atoms with Gasteiger partial charge < -0.3 is 30.0 Å². The Labute approximate surface area is 238 Å². The molecule has 220 valence electrons. The summed E-state index contributed by atoms with van der Waals surface area (Å²) in [6, 6.07) is 13.3. The summed E-state index contributed by atoms with van der Waals surface area (Å²) in [5.41, 5.74) is 0.629. The molecule has 1 heterocycles. The molecule has 0 bridgehead atoms. The lowest BCUT2D eigenvalue weighted by atomic mass is 9.99. The summed E-state index contributed by atoms with van der Waals surface area (Å²) < 4.78 is 16.8. The van der Waals surface area contributed by atoms with Crippen molar-refractivity contribution in [2.24, 2.45) is 5.92 Å². The van der Waals surface area contributed by atoms with Gasteiger partial charge in [-0.05, 0) is 38.3 Å². The highest BCUT2D eigenvalue weighted by molar-refractivity contribution is 5.94. The van der Waals surface area contributed by atoms with Gasteiger partial charge in [-0.3, -0.25) is 9.36 Å². The van der Waals surface area contributed by atoms with Crippen LogP contribution < -0.4 is 10.6 Å². The van der Waals surface area contributed by atoms with E-state index in [0.717, 1.165) is 12.7 Å². The first-order valence-corrected chi connectivity index (χ1v) is 13.2. The van der Waals surface area contributed by atoms with Gasteiger partial charge in [-0.15, -0.1) is 0 Å². The van der Waals surface area contributed by atoms with Gasteiger partial charge in [0.05, 0.1) is 12.6 Å². The topological polar surface area (TPSA) is 145 Å². The third kappa shape index (κ3) is 8.07. The fourth-order valence-electron chi connectivity index (χ4n) is 4.17. The average Bonchev–Trinajstić information content (AvgIpc) is 3.31. The number of aliphatic hydroxyl groups excluding tert-OH is 1. The zero-order valence-electron chi connectivity index (χ0n) is 24.0. The SMILES string of the molecule is COC(=O)[C@@H](NC(=O)[C@@H](NC(=O)OC(C)(C)C)C(C)C)[C@@H](O)c1cn(C(=O)OCc2ccccc2)c2ccccc12. The van der Waals surface area contributed by atoms with Gasteiger partial charge in [0.15, 0.2) is 6.04 Å². The van der Waals surface area contributed by atoms with E-state index < -0.39 is 47.9 Å². The summed E-state index contributed by atoms with van der Waals surface area (Å²) in [7, 11) is 1.12. The minimum absolute atomic E-state index is 0.0339. The highest BCUT2D eigenvalue weighted by Crippen LogP contribution is 2.29. The van der Waals surface area contributed by atoms with Gasteiger partial charge in [0.25, 0.3) is 0 Å². The largest absolute Gasteiger partial charge is 0.467 e. The van der Waals surface area contributed by atoms with Crippen LogP contribution in [0.3, 0.4) is 0 Å². The van der Waals surface area contributed by atoms with Crippen LogP contribution >= 0.6 is 0 Å². The number of amides is 2. The molecule has 41 heavy (non-hydrogen) atoms. The van der Waals surface area contributed by atoms with Gasteiger partial charge in [0, 0.05) is 17.1 Å². The number of carbonyl (C=O) groups excluding carboxylic acids is 4. The number of nitrogens with one attached hydrogen (secondary N) is 2. The summed E-state index contributed by atoms with van der Waals surface area (Å²) in [6.07, 6.45) is -1.75. The minimum Gasteiger partial charge on any atom is -0.467 e. The second kappa shape index (κ2) is 13.3. The van der Waals surface area contributed by atoms with Gasteiger partial charge >= 0.3 is 18.2 Å². The normalized spacial score (nSPS) is 13.7. The quantitative estimate of drug-likeness (QED) is 0.259. The third-order valence-corrected chi connectivity index (χ3v) is 6.15. The zero-order chi connectivity index (χ0) is 30.3. The van der Waals surface area contributed by atoms with Crippen LogP contribution in [-0.2, 0) is 30.4 Å². The van der Waals surface area contributed by atoms with Crippen LogP contribution in [0.25, 0.3) is 10.9 Å². The van der Waals surface area contributed by atoms with Crippen molar-refractivity contribution in [3.8, 4) is 0 Å². The lowest BCUT2D eigenvalue weighted by Gasteiger charge is -2.28. The van der Waals surface area contributed by atoms with E-state index in [1.807, 2.05) is 30.3 Å². The standard InChI is InChI=1S/C30H37N3O8/c1-18(2)23(32-28(37)41-30(3,4)5)26(35)31-24(27(36)39-6)25(34)21-16-33(22-15-11-10-14-20(21)22)29(38)40-17-19-12-8-7-9-13-19/h7-16,18,23-25,34H,17H2,1-6H3,(H,31,35)(H,32,37)/t23-,24-,25-/m0/s1. The van der Waals surface area contributed by atoms with Crippen LogP contribution in [0.1, 0.15) is 51.8 Å². The molecule has 0 spiro atoms. The van der Waals surface area contributed by atoms with Crippen molar-refractivity contribution in [1.82, 2.24) is 15.2 Å². The smallest absolute Gasteiger partial charge is 0.418 e. The Morgan fingerprint density at radius 3 is 2.17 bits per heavy atom. The number of esters is 1. The highest BCUT2D eigenvalue weighted by Gasteiger charge is 2.36. The number of para-hydroxylation sites is 1. The second-order valence-corrected chi connectivity index (χ2v) is 10.8. The molecule has 0 aliphatic rings. The van der Waals surface area contributed by atoms with E-state index in [4.69, 9.17) is 14.2 Å². The first-order valence-electron chi connectivity index (χ1n) is 13.2. The van der Waals surface area contributed by atoms with Gasteiger partial charge in [-0.1, -0.05) is 62.4 Å². The maximum Gasteiger partial charge on any atom is 0.418 e. The molecule has 11 nitrogen and oxygen atoms in total. The number of fused-ring (bicyclic) bond motifs is 1. The Morgan fingerprint density at radius 1 is 0.927 bits per heavy atom. The highest BCUT2D eigenvalue weighted by atomic mass is 16.6. The van der Waals surface area contributed by atoms with E-state index in [0.29, 0.717) is 10.9 Å². The van der Waals surface area contributed by atoms with E-state index in [-0.39, 0.29) is 18.1 Å². The molecule has 3 N–H and O–H groups in total. The number of carbonyl (C=O) groups is 4. The first-order chi connectivity index (χ1) is 19.3.